The van der Waals surface area contributed by atoms with Crippen molar-refractivity contribution in [2.45, 2.75) is 13.8 Å². The molecule has 1 heterocycles. The van der Waals surface area contributed by atoms with Crippen LogP contribution in [0.5, 0.6) is 5.75 Å². The van der Waals surface area contributed by atoms with Crippen LogP contribution in [0.2, 0.25) is 0 Å². The van der Waals surface area contributed by atoms with Gasteiger partial charge in [0, 0.05) is 17.5 Å². The molecule has 8 heteroatoms. The molecule has 160 valence electrons. The minimum atomic E-state index is -0.730. The standard InChI is InChI=1S/C23H23N3O5/c1-14(2)12-24-23(30)26-21(28)13-31-22(29)18-11-20(15-7-9-16(27)10-8-15)25-19-6-4-3-5-17(18)19/h3-11,14,27H,12-13H2,1-2H3,(H2,24,26,28,30). The molecule has 1 aromatic heterocycles. The molecule has 3 amide bonds. The smallest absolute Gasteiger partial charge is 0.339 e. The third-order valence-electron chi connectivity index (χ3n) is 4.36. The van der Waals surface area contributed by atoms with E-state index in [4.69, 9.17) is 4.74 Å². The highest BCUT2D eigenvalue weighted by molar-refractivity contribution is 6.05. The fourth-order valence-electron chi connectivity index (χ4n) is 2.84. The van der Waals surface area contributed by atoms with Crippen molar-refractivity contribution in [2.75, 3.05) is 13.2 Å². The number of pyridine rings is 1. The SMILES string of the molecule is CC(C)CNC(=O)NC(=O)COC(=O)c1cc(-c2ccc(O)cc2)nc2ccccc12. The van der Waals surface area contributed by atoms with Crippen molar-refractivity contribution in [3.05, 3.63) is 60.2 Å². The number of urea groups is 1. The van der Waals surface area contributed by atoms with Gasteiger partial charge in [-0.3, -0.25) is 10.1 Å². The van der Waals surface area contributed by atoms with Crippen LogP contribution >= 0.6 is 0 Å². The van der Waals surface area contributed by atoms with E-state index < -0.39 is 24.5 Å². The number of carbonyl (C=O) groups is 3. The Kier molecular flexibility index (Phi) is 6.81. The van der Waals surface area contributed by atoms with Crippen molar-refractivity contribution in [1.82, 2.24) is 15.6 Å². The maximum absolute atomic E-state index is 12.7. The zero-order chi connectivity index (χ0) is 22.4. The molecule has 0 aliphatic heterocycles. The highest BCUT2D eigenvalue weighted by atomic mass is 16.5. The highest BCUT2D eigenvalue weighted by Gasteiger charge is 2.17. The van der Waals surface area contributed by atoms with Crippen LogP contribution < -0.4 is 10.6 Å². The molecular weight excluding hydrogens is 398 g/mol. The Labute approximate surface area is 179 Å². The lowest BCUT2D eigenvalue weighted by molar-refractivity contribution is -0.123. The van der Waals surface area contributed by atoms with Gasteiger partial charge >= 0.3 is 12.0 Å². The fourth-order valence-corrected chi connectivity index (χ4v) is 2.84. The molecule has 0 atom stereocenters. The number of aromatic hydroxyl groups is 1. The number of para-hydroxylation sites is 1. The first-order valence-electron chi connectivity index (χ1n) is 9.77. The van der Waals surface area contributed by atoms with Crippen molar-refractivity contribution in [2.24, 2.45) is 5.92 Å². The highest BCUT2D eigenvalue weighted by Crippen LogP contribution is 2.26. The molecule has 2 aromatic carbocycles. The summed E-state index contributed by atoms with van der Waals surface area (Å²) < 4.78 is 5.14. The van der Waals surface area contributed by atoms with Crippen LogP contribution in [0.4, 0.5) is 4.79 Å². The Morgan fingerprint density at radius 1 is 1.06 bits per heavy atom. The van der Waals surface area contributed by atoms with E-state index in [1.54, 1.807) is 42.5 Å². The van der Waals surface area contributed by atoms with Crippen LogP contribution in [0.3, 0.4) is 0 Å². The van der Waals surface area contributed by atoms with Crippen LogP contribution in [0, 0.1) is 5.92 Å². The van der Waals surface area contributed by atoms with Gasteiger partial charge < -0.3 is 15.2 Å². The second kappa shape index (κ2) is 9.71. The van der Waals surface area contributed by atoms with Gasteiger partial charge in [0.1, 0.15) is 5.75 Å². The second-order valence-corrected chi connectivity index (χ2v) is 7.35. The van der Waals surface area contributed by atoms with Gasteiger partial charge in [0.25, 0.3) is 5.91 Å². The third-order valence-corrected chi connectivity index (χ3v) is 4.36. The molecule has 3 rings (SSSR count). The average molecular weight is 421 g/mol. The van der Waals surface area contributed by atoms with Gasteiger partial charge in [-0.2, -0.15) is 0 Å². The molecule has 0 saturated carbocycles. The molecule has 0 unspecified atom stereocenters. The monoisotopic (exact) mass is 421 g/mol. The lowest BCUT2D eigenvalue weighted by atomic mass is 10.0. The number of esters is 1. The third kappa shape index (κ3) is 5.79. The number of aromatic nitrogens is 1. The molecule has 31 heavy (non-hydrogen) atoms. The van der Waals surface area contributed by atoms with Crippen LogP contribution in [-0.2, 0) is 9.53 Å². The van der Waals surface area contributed by atoms with Crippen LogP contribution in [0.25, 0.3) is 22.2 Å². The van der Waals surface area contributed by atoms with E-state index in [0.29, 0.717) is 28.7 Å². The summed E-state index contributed by atoms with van der Waals surface area (Å²) in [5.74, 6) is -1.09. The quantitative estimate of drug-likeness (QED) is 0.526. The van der Waals surface area contributed by atoms with E-state index in [0.717, 1.165) is 0 Å². The number of phenols is 1. The molecular formula is C23H23N3O5. The van der Waals surface area contributed by atoms with E-state index >= 15 is 0 Å². The lowest BCUT2D eigenvalue weighted by Gasteiger charge is -2.11. The summed E-state index contributed by atoms with van der Waals surface area (Å²) >= 11 is 0. The predicted octanol–water partition coefficient (Wildman–Crippen LogP) is 3.25. The van der Waals surface area contributed by atoms with Crippen molar-refractivity contribution in [3.8, 4) is 17.0 Å². The molecule has 3 N–H and O–H groups in total. The normalized spacial score (nSPS) is 10.7. The Hall–Kier alpha value is -3.94. The summed E-state index contributed by atoms with van der Waals surface area (Å²) in [6, 6.07) is 14.4. The lowest BCUT2D eigenvalue weighted by Crippen LogP contribution is -2.42. The number of ether oxygens (including phenoxy) is 1. The summed E-state index contributed by atoms with van der Waals surface area (Å²) in [5, 5.41) is 14.7. The Balaban J connectivity index is 1.76. The van der Waals surface area contributed by atoms with Crippen LogP contribution in [0.1, 0.15) is 24.2 Å². The number of imide groups is 1. The first-order chi connectivity index (χ1) is 14.8. The zero-order valence-corrected chi connectivity index (χ0v) is 17.2. The topological polar surface area (TPSA) is 118 Å². The van der Waals surface area contributed by atoms with Crippen molar-refractivity contribution in [3.63, 3.8) is 0 Å². The van der Waals surface area contributed by atoms with Crippen molar-refractivity contribution >= 4 is 28.8 Å². The number of carbonyl (C=O) groups excluding carboxylic acids is 3. The van der Waals surface area contributed by atoms with E-state index in [9.17, 15) is 19.5 Å². The van der Waals surface area contributed by atoms with Gasteiger partial charge in [0.2, 0.25) is 0 Å². The Morgan fingerprint density at radius 2 is 1.77 bits per heavy atom. The number of hydrogen-bond acceptors (Lipinski definition) is 6. The van der Waals surface area contributed by atoms with Gasteiger partial charge in [-0.1, -0.05) is 32.0 Å². The number of benzene rings is 2. The van der Waals surface area contributed by atoms with Crippen LogP contribution in [-0.4, -0.2) is 41.1 Å². The molecule has 0 bridgehead atoms. The number of rotatable bonds is 6. The van der Waals surface area contributed by atoms with E-state index in [1.807, 2.05) is 13.8 Å². The fraction of sp³-hybridized carbons (Fsp3) is 0.217. The number of phenolic OH excluding ortho intramolecular Hbond substituents is 1. The summed E-state index contributed by atoms with van der Waals surface area (Å²) in [4.78, 5) is 40.9. The van der Waals surface area contributed by atoms with Crippen LogP contribution in [0.15, 0.2) is 54.6 Å². The molecule has 0 aliphatic rings. The summed E-state index contributed by atoms with van der Waals surface area (Å²) in [6.45, 7) is 3.67. The first-order valence-corrected chi connectivity index (χ1v) is 9.77. The van der Waals surface area contributed by atoms with Gasteiger partial charge in [-0.15, -0.1) is 0 Å². The Bertz CT molecular complexity index is 1110. The van der Waals surface area contributed by atoms with Gasteiger partial charge in [0.05, 0.1) is 16.8 Å². The minimum absolute atomic E-state index is 0.118. The average Bonchev–Trinajstić information content (AvgIpc) is 2.75. The number of nitrogens with one attached hydrogen (secondary N) is 2. The molecule has 0 radical (unpaired) electrons. The second-order valence-electron chi connectivity index (χ2n) is 7.35. The maximum atomic E-state index is 12.7. The summed E-state index contributed by atoms with van der Waals surface area (Å²) in [5.41, 5.74) is 2.05. The zero-order valence-electron chi connectivity index (χ0n) is 17.2. The molecule has 0 aliphatic carbocycles. The van der Waals surface area contributed by atoms with Gasteiger partial charge in [-0.05, 0) is 42.3 Å². The molecule has 0 fully saturated rings. The Morgan fingerprint density at radius 3 is 2.48 bits per heavy atom. The summed E-state index contributed by atoms with van der Waals surface area (Å²) in [6.07, 6.45) is 0. The molecule has 0 spiro atoms. The van der Waals surface area contributed by atoms with Crippen molar-refractivity contribution < 1.29 is 24.2 Å². The largest absolute Gasteiger partial charge is 0.508 e. The maximum Gasteiger partial charge on any atom is 0.339 e. The summed E-state index contributed by atoms with van der Waals surface area (Å²) in [7, 11) is 0. The van der Waals surface area contributed by atoms with Gasteiger partial charge in [-0.25, -0.2) is 14.6 Å². The number of nitrogens with zero attached hydrogens (tertiary/aromatic N) is 1. The number of amides is 3. The van der Waals surface area contributed by atoms with E-state index in [1.165, 1.54) is 12.1 Å². The predicted molar refractivity (Wildman–Crippen MR) is 116 cm³/mol. The molecule has 8 nitrogen and oxygen atoms in total. The van der Waals surface area contributed by atoms with Crippen molar-refractivity contribution in [1.29, 1.82) is 0 Å². The van der Waals surface area contributed by atoms with Gasteiger partial charge in [0.15, 0.2) is 6.61 Å². The minimum Gasteiger partial charge on any atom is -0.508 e. The molecule has 3 aromatic rings. The molecule has 0 saturated heterocycles. The van der Waals surface area contributed by atoms with E-state index in [-0.39, 0.29) is 17.2 Å². The number of fused-ring (bicyclic) bond motifs is 1. The first kappa shape index (κ1) is 21.8. The number of hydrogen-bond donors (Lipinski definition) is 3. The van der Waals surface area contributed by atoms with E-state index in [2.05, 4.69) is 15.6 Å².